The quantitative estimate of drug-likeness (QED) is 0.785. The third-order valence-electron chi connectivity index (χ3n) is 3.27. The summed E-state index contributed by atoms with van der Waals surface area (Å²) in [6.07, 6.45) is 1.69. The van der Waals surface area contributed by atoms with Crippen LogP contribution >= 0.6 is 0 Å². The van der Waals surface area contributed by atoms with Crippen LogP contribution in [0.15, 0.2) is 33.7 Å². The molecule has 104 valence electrons. The van der Waals surface area contributed by atoms with E-state index < -0.39 is 6.30 Å². The smallest absolute Gasteiger partial charge is 0.245 e. The first-order chi connectivity index (χ1) is 9.63. The van der Waals surface area contributed by atoms with Crippen LogP contribution in [0.5, 0.6) is 0 Å². The average molecular weight is 273 g/mol. The fraction of sp³-hybridized carbons (Fsp3) is 0.333. The Morgan fingerprint density at radius 3 is 2.70 bits per heavy atom. The van der Waals surface area contributed by atoms with Crippen molar-refractivity contribution in [2.75, 3.05) is 19.0 Å². The molecular formula is C15H16FN3O. The molecule has 0 fully saturated rings. The van der Waals surface area contributed by atoms with E-state index in [0.717, 1.165) is 11.3 Å². The summed E-state index contributed by atoms with van der Waals surface area (Å²) in [7, 11) is 3.97. The summed E-state index contributed by atoms with van der Waals surface area (Å²) in [5.74, 6) is 0.481. The highest BCUT2D eigenvalue weighted by molar-refractivity contribution is 5.58. The molecular weight excluding hydrogens is 257 g/mol. The van der Waals surface area contributed by atoms with Gasteiger partial charge in [0.25, 0.3) is 0 Å². The first-order valence-electron chi connectivity index (χ1n) is 6.60. The van der Waals surface area contributed by atoms with Gasteiger partial charge in [-0.3, -0.25) is 0 Å². The number of hydrogen-bond acceptors (Lipinski definition) is 4. The van der Waals surface area contributed by atoms with E-state index in [4.69, 9.17) is 4.42 Å². The van der Waals surface area contributed by atoms with Crippen molar-refractivity contribution < 1.29 is 8.81 Å². The Balaban J connectivity index is 2.02. The molecule has 1 aromatic carbocycles. The standard InChI is InChI=1S/C15H16FN3O/c1-19(2)11-8-6-10(7-9-11)14-17-12-4-3-5-13(16)18-15(12)20-14/h4,6-9,13H,3,5H2,1-2H3. The van der Waals surface area contributed by atoms with Gasteiger partial charge in [0.15, 0.2) is 6.30 Å². The molecule has 4 nitrogen and oxygen atoms in total. The largest absolute Gasteiger partial charge is 0.418 e. The summed E-state index contributed by atoms with van der Waals surface area (Å²) in [6.45, 7) is 0. The molecule has 1 aliphatic rings. The third kappa shape index (κ3) is 2.43. The van der Waals surface area contributed by atoms with Gasteiger partial charge in [0.2, 0.25) is 11.4 Å². The molecule has 0 spiro atoms. The maximum atomic E-state index is 13.4. The van der Waals surface area contributed by atoms with Gasteiger partial charge in [0.1, 0.15) is 5.35 Å². The molecule has 1 aliphatic heterocycles. The minimum atomic E-state index is -1.20. The van der Waals surface area contributed by atoms with E-state index >= 15 is 0 Å². The van der Waals surface area contributed by atoms with Gasteiger partial charge in [-0.15, -0.1) is 0 Å². The van der Waals surface area contributed by atoms with Crippen molar-refractivity contribution in [3.8, 4) is 11.5 Å². The molecule has 0 aliphatic carbocycles. The molecule has 1 unspecified atom stereocenters. The van der Waals surface area contributed by atoms with Gasteiger partial charge in [-0.25, -0.2) is 14.4 Å². The molecule has 2 heterocycles. The number of rotatable bonds is 2. The number of hydrogen-bond donors (Lipinski definition) is 0. The number of halogens is 1. The molecule has 2 aromatic rings. The highest BCUT2D eigenvalue weighted by atomic mass is 19.1. The highest BCUT2D eigenvalue weighted by Gasteiger charge is 2.12. The number of anilines is 1. The average Bonchev–Trinajstić information content (AvgIpc) is 2.74. The number of benzene rings is 1. The summed E-state index contributed by atoms with van der Waals surface area (Å²) in [5.41, 5.74) is 2.26. The minimum Gasteiger partial charge on any atom is -0.418 e. The molecule has 0 amide bonds. The molecule has 5 heteroatoms. The lowest BCUT2D eigenvalue weighted by atomic mass is 10.2. The van der Waals surface area contributed by atoms with E-state index in [0.29, 0.717) is 29.6 Å². The van der Waals surface area contributed by atoms with Crippen LogP contribution in [0.2, 0.25) is 0 Å². The van der Waals surface area contributed by atoms with Gasteiger partial charge < -0.3 is 9.32 Å². The lowest BCUT2D eigenvalue weighted by Crippen LogP contribution is -2.22. The summed E-state index contributed by atoms with van der Waals surface area (Å²) < 4.78 is 19.0. The molecule has 0 saturated heterocycles. The molecule has 0 saturated carbocycles. The zero-order chi connectivity index (χ0) is 14.1. The fourth-order valence-corrected chi connectivity index (χ4v) is 2.12. The predicted octanol–water partition coefficient (Wildman–Crippen LogP) is 1.90. The van der Waals surface area contributed by atoms with E-state index in [-0.39, 0.29) is 0 Å². The monoisotopic (exact) mass is 273 g/mol. The molecule has 1 atom stereocenters. The summed E-state index contributed by atoms with van der Waals surface area (Å²) in [6, 6.07) is 7.86. The van der Waals surface area contributed by atoms with Crippen molar-refractivity contribution in [3.05, 3.63) is 35.2 Å². The molecule has 0 bridgehead atoms. The Morgan fingerprint density at radius 1 is 1.25 bits per heavy atom. The third-order valence-corrected chi connectivity index (χ3v) is 3.27. The van der Waals surface area contributed by atoms with Crippen LogP contribution in [0.1, 0.15) is 12.8 Å². The normalized spacial score (nSPS) is 17.6. The Morgan fingerprint density at radius 2 is 2.00 bits per heavy atom. The van der Waals surface area contributed by atoms with Gasteiger partial charge in [-0.1, -0.05) is 6.08 Å². The molecule has 20 heavy (non-hydrogen) atoms. The van der Waals surface area contributed by atoms with Crippen LogP contribution < -0.4 is 15.8 Å². The van der Waals surface area contributed by atoms with Crippen LogP contribution in [-0.4, -0.2) is 25.4 Å². The van der Waals surface area contributed by atoms with Gasteiger partial charge >= 0.3 is 0 Å². The molecule has 3 rings (SSSR count). The van der Waals surface area contributed by atoms with Crippen molar-refractivity contribution in [3.63, 3.8) is 0 Å². The number of aromatic nitrogens is 1. The second kappa shape index (κ2) is 5.07. The Bertz CT molecular complexity index is 719. The maximum absolute atomic E-state index is 13.4. The topological polar surface area (TPSA) is 41.6 Å². The van der Waals surface area contributed by atoms with Crippen LogP contribution in [0.4, 0.5) is 10.1 Å². The van der Waals surface area contributed by atoms with Crippen molar-refractivity contribution in [1.82, 2.24) is 4.98 Å². The molecule has 1 aromatic heterocycles. The molecule has 0 radical (unpaired) electrons. The maximum Gasteiger partial charge on any atom is 0.245 e. The van der Waals surface area contributed by atoms with Crippen molar-refractivity contribution in [2.45, 2.75) is 19.1 Å². The molecule has 0 N–H and O–H groups in total. The van der Waals surface area contributed by atoms with Gasteiger partial charge in [-0.2, -0.15) is 0 Å². The zero-order valence-corrected chi connectivity index (χ0v) is 11.5. The predicted molar refractivity (Wildman–Crippen MR) is 75.6 cm³/mol. The van der Waals surface area contributed by atoms with Crippen molar-refractivity contribution in [1.29, 1.82) is 0 Å². The second-order valence-electron chi connectivity index (χ2n) is 5.00. The number of alkyl halides is 1. The minimum absolute atomic E-state index is 0.293. The number of oxazole rings is 1. The first-order valence-corrected chi connectivity index (χ1v) is 6.60. The number of nitrogens with zero attached hydrogens (tertiary/aromatic N) is 3. The van der Waals surface area contributed by atoms with Gasteiger partial charge in [-0.05, 0) is 30.7 Å². The van der Waals surface area contributed by atoms with Crippen LogP contribution in [0.3, 0.4) is 0 Å². The van der Waals surface area contributed by atoms with Gasteiger partial charge in [0, 0.05) is 31.8 Å². The second-order valence-corrected chi connectivity index (χ2v) is 5.00. The van der Waals surface area contributed by atoms with E-state index in [1.54, 1.807) is 0 Å². The highest BCUT2D eigenvalue weighted by Crippen LogP contribution is 2.19. The Kier molecular flexibility index (Phi) is 3.26. The first kappa shape index (κ1) is 12.8. The Hall–Kier alpha value is -2.17. The SMILES string of the molecule is CN(C)c1ccc(-c2nc3c(o2)=NC(F)CCC=3)cc1. The lowest BCUT2D eigenvalue weighted by Gasteiger charge is -2.11. The summed E-state index contributed by atoms with van der Waals surface area (Å²) in [5, 5.41) is 0.636. The van der Waals surface area contributed by atoms with E-state index in [1.807, 2.05) is 49.3 Å². The van der Waals surface area contributed by atoms with Gasteiger partial charge in [0.05, 0.1) is 0 Å². The van der Waals surface area contributed by atoms with Crippen LogP contribution in [0, 0.1) is 0 Å². The van der Waals surface area contributed by atoms with E-state index in [9.17, 15) is 4.39 Å². The van der Waals surface area contributed by atoms with E-state index in [1.165, 1.54) is 0 Å². The lowest BCUT2D eigenvalue weighted by molar-refractivity contribution is 0.314. The summed E-state index contributed by atoms with van der Waals surface area (Å²) in [4.78, 5) is 10.3. The van der Waals surface area contributed by atoms with Crippen LogP contribution in [-0.2, 0) is 0 Å². The number of fused-ring (bicyclic) bond motifs is 1. The fourth-order valence-electron chi connectivity index (χ4n) is 2.12. The van der Waals surface area contributed by atoms with E-state index in [2.05, 4.69) is 9.98 Å². The van der Waals surface area contributed by atoms with Crippen molar-refractivity contribution in [2.24, 2.45) is 4.99 Å². The van der Waals surface area contributed by atoms with Crippen molar-refractivity contribution >= 4 is 11.8 Å². The summed E-state index contributed by atoms with van der Waals surface area (Å²) >= 11 is 0. The van der Waals surface area contributed by atoms with Crippen LogP contribution in [0.25, 0.3) is 17.5 Å². The zero-order valence-electron chi connectivity index (χ0n) is 11.5. The Labute approximate surface area is 116 Å².